The molecule has 54 valence electrons. The Morgan fingerprint density at radius 3 is 2.78 bits per heavy atom. The molecule has 2 N–H and O–H groups in total. The average Bonchev–Trinajstić information content (AvgIpc) is 1.76. The number of hydrogen-bond acceptors (Lipinski definition) is 3. The topological polar surface area (TPSA) is 32.3 Å². The fourth-order valence-electron chi connectivity index (χ4n) is 0.781. The summed E-state index contributed by atoms with van der Waals surface area (Å²) in [5.41, 5.74) is 0. The quantitative estimate of drug-likeness (QED) is 0.546. The third-order valence-corrected chi connectivity index (χ3v) is 2.63. The van der Waals surface area contributed by atoms with E-state index in [1.54, 1.807) is 0 Å². The molecule has 0 saturated carbocycles. The van der Waals surface area contributed by atoms with Crippen molar-refractivity contribution in [2.75, 3.05) is 31.2 Å². The molecule has 0 aromatic heterocycles. The molecule has 0 atom stereocenters. The summed E-state index contributed by atoms with van der Waals surface area (Å²) in [6.45, 7) is 2.68. The van der Waals surface area contributed by atoms with Crippen LogP contribution in [0, 0.1) is 5.92 Å². The van der Waals surface area contributed by atoms with E-state index in [0.29, 0.717) is 6.61 Å². The third kappa shape index (κ3) is 2.56. The predicted octanol–water partition coefficient (Wildman–Crippen LogP) is -0.0687. The summed E-state index contributed by atoms with van der Waals surface area (Å²) >= 11 is 1.85. The lowest BCUT2D eigenvalue weighted by molar-refractivity contribution is 0.322. The van der Waals surface area contributed by atoms with Crippen molar-refractivity contribution in [3.8, 4) is 0 Å². The van der Waals surface area contributed by atoms with Gasteiger partial charge in [0.2, 0.25) is 0 Å². The lowest BCUT2D eigenvalue weighted by Crippen LogP contribution is -2.43. The minimum absolute atomic E-state index is 0.324. The zero-order chi connectivity index (χ0) is 6.53. The van der Waals surface area contributed by atoms with Gasteiger partial charge in [-0.2, -0.15) is 11.8 Å². The number of rotatable bonds is 4. The van der Waals surface area contributed by atoms with E-state index in [4.69, 9.17) is 5.11 Å². The Hall–Kier alpha value is 0.270. The van der Waals surface area contributed by atoms with Gasteiger partial charge in [-0.05, 0) is 24.8 Å². The summed E-state index contributed by atoms with van der Waals surface area (Å²) in [5.74, 6) is 2.99. The van der Waals surface area contributed by atoms with Gasteiger partial charge >= 0.3 is 0 Å². The van der Waals surface area contributed by atoms with E-state index in [1.165, 1.54) is 18.8 Å². The summed E-state index contributed by atoms with van der Waals surface area (Å²) in [7, 11) is 0. The minimum Gasteiger partial charge on any atom is -0.396 e. The zero-order valence-corrected chi connectivity index (χ0v) is 6.28. The van der Waals surface area contributed by atoms with Crippen molar-refractivity contribution < 1.29 is 5.11 Å². The summed E-state index contributed by atoms with van der Waals surface area (Å²) in [4.78, 5) is 0. The van der Waals surface area contributed by atoms with Crippen molar-refractivity contribution in [3.05, 3.63) is 0 Å². The van der Waals surface area contributed by atoms with Crippen molar-refractivity contribution in [2.45, 2.75) is 0 Å². The van der Waals surface area contributed by atoms with E-state index in [9.17, 15) is 0 Å². The average molecular weight is 147 g/mol. The smallest absolute Gasteiger partial charge is 0.0521 e. The van der Waals surface area contributed by atoms with E-state index >= 15 is 0 Å². The number of aliphatic hydroxyl groups excluding tert-OH is 1. The molecule has 0 spiro atoms. The van der Waals surface area contributed by atoms with E-state index < -0.39 is 0 Å². The standard InChI is InChI=1S/C6H13NOS/c8-1-2-9-5-6-3-7-4-6/h6-8H,1-5H2. The molecule has 0 aliphatic carbocycles. The summed E-state index contributed by atoms with van der Waals surface area (Å²) in [5, 5.41) is 11.6. The van der Waals surface area contributed by atoms with Crippen molar-refractivity contribution >= 4 is 11.8 Å². The summed E-state index contributed by atoms with van der Waals surface area (Å²) in [6, 6.07) is 0. The van der Waals surface area contributed by atoms with E-state index in [-0.39, 0.29) is 0 Å². The Morgan fingerprint density at radius 2 is 2.33 bits per heavy atom. The van der Waals surface area contributed by atoms with Crippen LogP contribution in [-0.4, -0.2) is 36.3 Å². The van der Waals surface area contributed by atoms with Crippen LogP contribution in [0.2, 0.25) is 0 Å². The maximum absolute atomic E-state index is 8.43. The lowest BCUT2D eigenvalue weighted by atomic mass is 10.1. The molecule has 1 aliphatic heterocycles. The van der Waals surface area contributed by atoms with Crippen molar-refractivity contribution in [3.63, 3.8) is 0 Å². The molecule has 1 fully saturated rings. The molecule has 0 bridgehead atoms. The summed E-state index contributed by atoms with van der Waals surface area (Å²) in [6.07, 6.45) is 0. The first kappa shape index (κ1) is 7.38. The Bertz CT molecular complexity index is 75.5. The Kier molecular flexibility index (Phi) is 3.40. The number of aliphatic hydroxyl groups is 1. The van der Waals surface area contributed by atoms with Gasteiger partial charge in [0.05, 0.1) is 6.61 Å². The van der Waals surface area contributed by atoms with Crippen LogP contribution in [0.3, 0.4) is 0 Å². The van der Waals surface area contributed by atoms with Gasteiger partial charge in [0.1, 0.15) is 0 Å². The molecule has 1 saturated heterocycles. The van der Waals surface area contributed by atoms with Gasteiger partial charge in [-0.25, -0.2) is 0 Å². The lowest BCUT2D eigenvalue weighted by Gasteiger charge is -2.26. The second kappa shape index (κ2) is 4.14. The predicted molar refractivity (Wildman–Crippen MR) is 40.8 cm³/mol. The second-order valence-electron chi connectivity index (χ2n) is 2.32. The van der Waals surface area contributed by atoms with Crippen LogP contribution in [0.1, 0.15) is 0 Å². The van der Waals surface area contributed by atoms with Gasteiger partial charge in [-0.3, -0.25) is 0 Å². The molecule has 3 heteroatoms. The monoisotopic (exact) mass is 147 g/mol. The minimum atomic E-state index is 0.324. The second-order valence-corrected chi connectivity index (χ2v) is 3.47. The molecule has 9 heavy (non-hydrogen) atoms. The van der Waals surface area contributed by atoms with Crippen LogP contribution in [0.4, 0.5) is 0 Å². The molecule has 0 aromatic rings. The van der Waals surface area contributed by atoms with Crippen LogP contribution in [-0.2, 0) is 0 Å². The normalized spacial score (nSPS) is 19.7. The highest BCUT2D eigenvalue weighted by atomic mass is 32.2. The van der Waals surface area contributed by atoms with Crippen molar-refractivity contribution in [1.29, 1.82) is 0 Å². The largest absolute Gasteiger partial charge is 0.396 e. The maximum atomic E-state index is 8.43. The zero-order valence-electron chi connectivity index (χ0n) is 5.47. The van der Waals surface area contributed by atoms with Crippen LogP contribution < -0.4 is 5.32 Å². The van der Waals surface area contributed by atoms with Crippen molar-refractivity contribution in [1.82, 2.24) is 5.32 Å². The highest BCUT2D eigenvalue weighted by Crippen LogP contribution is 2.11. The SMILES string of the molecule is OCCSCC1CNC1. The molecule has 0 unspecified atom stereocenters. The van der Waals surface area contributed by atoms with Gasteiger partial charge in [-0.15, -0.1) is 0 Å². The Balaban J connectivity index is 1.80. The highest BCUT2D eigenvalue weighted by molar-refractivity contribution is 7.99. The van der Waals surface area contributed by atoms with Gasteiger partial charge in [0, 0.05) is 5.75 Å². The van der Waals surface area contributed by atoms with Crippen LogP contribution in [0.5, 0.6) is 0 Å². The number of hydrogen-bond donors (Lipinski definition) is 2. The Morgan fingerprint density at radius 1 is 1.56 bits per heavy atom. The fraction of sp³-hybridized carbons (Fsp3) is 1.00. The van der Waals surface area contributed by atoms with Crippen LogP contribution >= 0.6 is 11.8 Å². The van der Waals surface area contributed by atoms with E-state index in [2.05, 4.69) is 5.32 Å². The Labute approximate surface area is 60.0 Å². The molecular formula is C6H13NOS. The van der Waals surface area contributed by atoms with Crippen LogP contribution in [0.15, 0.2) is 0 Å². The van der Waals surface area contributed by atoms with Crippen molar-refractivity contribution in [2.24, 2.45) is 5.92 Å². The third-order valence-electron chi connectivity index (χ3n) is 1.46. The molecule has 0 amide bonds. The fourth-order valence-corrected chi connectivity index (χ4v) is 1.65. The molecule has 1 rings (SSSR count). The first-order valence-electron chi connectivity index (χ1n) is 3.33. The molecular weight excluding hydrogens is 134 g/mol. The van der Waals surface area contributed by atoms with Gasteiger partial charge in [0.15, 0.2) is 0 Å². The van der Waals surface area contributed by atoms with Gasteiger partial charge in [0.25, 0.3) is 0 Å². The highest BCUT2D eigenvalue weighted by Gasteiger charge is 2.15. The number of nitrogens with one attached hydrogen (secondary N) is 1. The van der Waals surface area contributed by atoms with E-state index in [1.807, 2.05) is 11.8 Å². The van der Waals surface area contributed by atoms with Gasteiger partial charge in [-0.1, -0.05) is 0 Å². The molecule has 0 radical (unpaired) electrons. The molecule has 1 heterocycles. The summed E-state index contributed by atoms with van der Waals surface area (Å²) < 4.78 is 0. The first-order chi connectivity index (χ1) is 4.43. The van der Waals surface area contributed by atoms with E-state index in [0.717, 1.165) is 11.7 Å². The van der Waals surface area contributed by atoms with Gasteiger partial charge < -0.3 is 10.4 Å². The first-order valence-corrected chi connectivity index (χ1v) is 4.48. The van der Waals surface area contributed by atoms with Crippen LogP contribution in [0.25, 0.3) is 0 Å². The molecule has 1 aliphatic rings. The molecule has 0 aromatic carbocycles. The number of thioether (sulfide) groups is 1. The molecule has 2 nitrogen and oxygen atoms in total. The maximum Gasteiger partial charge on any atom is 0.0521 e.